The molecule has 0 amide bonds. The fourth-order valence-corrected chi connectivity index (χ4v) is 3.16. The maximum absolute atomic E-state index is 11.5. The molecule has 6 nitrogen and oxygen atoms in total. The summed E-state index contributed by atoms with van der Waals surface area (Å²) in [5, 5.41) is 3.75. The smallest absolute Gasteiger partial charge is 0.243 e. The maximum Gasteiger partial charge on any atom is 0.243 e. The van der Waals surface area contributed by atoms with Gasteiger partial charge in [-0.15, -0.1) is 12.4 Å². The quantitative estimate of drug-likeness (QED) is 0.714. The minimum absolute atomic E-state index is 0. The van der Waals surface area contributed by atoms with Crippen LogP contribution in [-0.2, 0) is 16.3 Å². The number of rotatable bonds is 5. The van der Waals surface area contributed by atoms with Crippen LogP contribution >= 0.6 is 12.4 Å². The van der Waals surface area contributed by atoms with Crippen LogP contribution in [0.1, 0.15) is 23.3 Å². The van der Waals surface area contributed by atoms with Crippen LogP contribution in [0.3, 0.4) is 0 Å². The molecule has 0 unspecified atom stereocenters. The van der Waals surface area contributed by atoms with E-state index in [0.717, 1.165) is 16.7 Å². The van der Waals surface area contributed by atoms with Crippen molar-refractivity contribution in [3.63, 3.8) is 0 Å². The van der Waals surface area contributed by atoms with Gasteiger partial charge in [0.05, 0.1) is 10.9 Å². The van der Waals surface area contributed by atoms with E-state index in [1.807, 2.05) is 24.3 Å². The fraction of sp³-hybridized carbons (Fsp3) is 0.222. The molecule has 3 aromatic rings. The molecule has 0 fully saturated rings. The average Bonchev–Trinajstić information content (AvgIpc) is 3.02. The van der Waals surface area contributed by atoms with Crippen molar-refractivity contribution in [2.75, 3.05) is 6.26 Å². The Hall–Kier alpha value is -2.22. The van der Waals surface area contributed by atoms with E-state index in [-0.39, 0.29) is 18.4 Å². The highest BCUT2D eigenvalue weighted by Crippen LogP contribution is 2.23. The highest BCUT2D eigenvalue weighted by Gasteiger charge is 2.14. The average molecular weight is 394 g/mol. The first kappa shape index (κ1) is 20.1. The summed E-state index contributed by atoms with van der Waals surface area (Å²) in [5.41, 5.74) is 9.11. The zero-order valence-electron chi connectivity index (χ0n) is 14.4. The topological polar surface area (TPSA) is 99.1 Å². The van der Waals surface area contributed by atoms with Gasteiger partial charge in [-0.25, -0.2) is 8.42 Å². The molecule has 8 heteroatoms. The van der Waals surface area contributed by atoms with Gasteiger partial charge in [-0.2, -0.15) is 4.98 Å². The van der Waals surface area contributed by atoms with Gasteiger partial charge >= 0.3 is 0 Å². The van der Waals surface area contributed by atoms with Gasteiger partial charge in [0.2, 0.25) is 5.89 Å². The van der Waals surface area contributed by atoms with Crippen molar-refractivity contribution in [2.45, 2.75) is 24.3 Å². The van der Waals surface area contributed by atoms with Crippen LogP contribution in [0.5, 0.6) is 0 Å². The van der Waals surface area contributed by atoms with E-state index < -0.39 is 9.84 Å². The van der Waals surface area contributed by atoms with Crippen molar-refractivity contribution in [1.82, 2.24) is 10.1 Å². The van der Waals surface area contributed by atoms with Crippen LogP contribution in [0.4, 0.5) is 0 Å². The lowest BCUT2D eigenvalue weighted by Crippen LogP contribution is -2.13. The van der Waals surface area contributed by atoms with Crippen molar-refractivity contribution in [2.24, 2.45) is 5.73 Å². The van der Waals surface area contributed by atoms with Crippen LogP contribution in [0, 0.1) is 6.92 Å². The second-order valence-electron chi connectivity index (χ2n) is 5.98. The van der Waals surface area contributed by atoms with E-state index >= 15 is 0 Å². The van der Waals surface area contributed by atoms with Crippen LogP contribution in [0.25, 0.3) is 11.1 Å². The zero-order valence-corrected chi connectivity index (χ0v) is 16.0. The molecule has 0 aliphatic heterocycles. The third-order valence-corrected chi connectivity index (χ3v) is 5.01. The molecule has 2 aromatic carbocycles. The molecule has 0 bridgehead atoms. The molecule has 0 aliphatic rings. The Morgan fingerprint density at radius 1 is 1.04 bits per heavy atom. The SMILES string of the molecule is Cc1noc([C@H](N)Cc2ccc(-c3ccc(S(C)(=O)=O)cc3)cc2)n1.Cl. The van der Waals surface area contributed by atoms with Gasteiger partial charge in [0.1, 0.15) is 0 Å². The molecule has 1 aromatic heterocycles. The van der Waals surface area contributed by atoms with Crippen molar-refractivity contribution in [3.05, 3.63) is 65.8 Å². The number of benzene rings is 2. The minimum atomic E-state index is -3.18. The van der Waals surface area contributed by atoms with Gasteiger partial charge < -0.3 is 10.3 Å². The van der Waals surface area contributed by atoms with Crippen molar-refractivity contribution >= 4 is 22.2 Å². The Kier molecular flexibility index (Phi) is 6.17. The Morgan fingerprint density at radius 2 is 1.58 bits per heavy atom. The second kappa shape index (κ2) is 7.99. The number of nitrogens with zero attached hydrogens (tertiary/aromatic N) is 2. The monoisotopic (exact) mass is 393 g/mol. The largest absolute Gasteiger partial charge is 0.338 e. The standard InChI is InChI=1S/C18H19N3O3S.ClH/c1-12-20-18(24-21-12)17(19)11-13-3-5-14(6-4-13)15-7-9-16(10-8-15)25(2,22)23;/h3-10,17H,11,19H2,1-2H3;1H/t17-;/m1./s1. The number of aromatic nitrogens is 2. The summed E-state index contributed by atoms with van der Waals surface area (Å²) in [4.78, 5) is 4.46. The van der Waals surface area contributed by atoms with Crippen molar-refractivity contribution in [3.8, 4) is 11.1 Å². The first-order chi connectivity index (χ1) is 11.8. The normalized spacial score (nSPS) is 12.4. The number of aryl methyl sites for hydroxylation is 1. The molecule has 0 saturated carbocycles. The van der Waals surface area contributed by atoms with Gasteiger partial charge in [0, 0.05) is 6.26 Å². The van der Waals surface area contributed by atoms with Gasteiger partial charge in [-0.05, 0) is 42.2 Å². The van der Waals surface area contributed by atoms with Gasteiger partial charge in [-0.1, -0.05) is 41.6 Å². The van der Waals surface area contributed by atoms with E-state index in [2.05, 4.69) is 10.1 Å². The Morgan fingerprint density at radius 3 is 2.04 bits per heavy atom. The number of nitrogens with two attached hydrogens (primary N) is 1. The predicted octanol–water partition coefficient (Wildman–Crippen LogP) is 3.11. The van der Waals surface area contributed by atoms with E-state index in [1.165, 1.54) is 6.26 Å². The highest BCUT2D eigenvalue weighted by molar-refractivity contribution is 7.90. The van der Waals surface area contributed by atoms with Crippen LogP contribution in [0.15, 0.2) is 57.9 Å². The summed E-state index contributed by atoms with van der Waals surface area (Å²) in [7, 11) is -3.18. The van der Waals surface area contributed by atoms with Crippen molar-refractivity contribution < 1.29 is 12.9 Å². The van der Waals surface area contributed by atoms with Crippen LogP contribution in [0.2, 0.25) is 0 Å². The summed E-state index contributed by atoms with van der Waals surface area (Å²) in [6.07, 6.45) is 1.79. The zero-order chi connectivity index (χ0) is 18.0. The molecule has 0 radical (unpaired) electrons. The van der Waals surface area contributed by atoms with Crippen molar-refractivity contribution in [1.29, 1.82) is 0 Å². The lowest BCUT2D eigenvalue weighted by Gasteiger charge is -2.08. The van der Waals surface area contributed by atoms with E-state index in [1.54, 1.807) is 31.2 Å². The third-order valence-electron chi connectivity index (χ3n) is 3.89. The van der Waals surface area contributed by atoms with E-state index in [0.29, 0.717) is 23.0 Å². The first-order valence-electron chi connectivity index (χ1n) is 7.78. The lowest BCUT2D eigenvalue weighted by atomic mass is 10.0. The number of hydrogen-bond acceptors (Lipinski definition) is 6. The van der Waals surface area contributed by atoms with Gasteiger partial charge in [0.25, 0.3) is 0 Å². The molecule has 1 atom stereocenters. The molecule has 138 valence electrons. The summed E-state index contributed by atoms with van der Waals surface area (Å²) in [6.45, 7) is 1.75. The predicted molar refractivity (Wildman–Crippen MR) is 102 cm³/mol. The Labute approximate surface area is 158 Å². The molecular formula is C18H20ClN3O3S. The molecule has 0 spiro atoms. The van der Waals surface area contributed by atoms with Gasteiger partial charge in [-0.3, -0.25) is 0 Å². The number of halogens is 1. The fourth-order valence-electron chi connectivity index (χ4n) is 2.53. The molecular weight excluding hydrogens is 374 g/mol. The highest BCUT2D eigenvalue weighted by atomic mass is 35.5. The van der Waals surface area contributed by atoms with Crippen LogP contribution in [-0.4, -0.2) is 24.8 Å². The summed E-state index contributed by atoms with van der Waals surface area (Å²) in [6, 6.07) is 14.4. The molecule has 0 aliphatic carbocycles. The first-order valence-corrected chi connectivity index (χ1v) is 9.67. The summed E-state index contributed by atoms with van der Waals surface area (Å²) >= 11 is 0. The summed E-state index contributed by atoms with van der Waals surface area (Å²) in [5.74, 6) is 0.997. The van der Waals surface area contributed by atoms with E-state index in [4.69, 9.17) is 10.3 Å². The lowest BCUT2D eigenvalue weighted by molar-refractivity contribution is 0.351. The Bertz CT molecular complexity index is 968. The Balaban J connectivity index is 0.00000243. The summed E-state index contributed by atoms with van der Waals surface area (Å²) < 4.78 is 28.1. The minimum Gasteiger partial charge on any atom is -0.338 e. The van der Waals surface area contributed by atoms with Crippen LogP contribution < -0.4 is 5.73 Å². The molecule has 0 saturated heterocycles. The number of sulfone groups is 1. The molecule has 1 heterocycles. The number of hydrogen-bond donors (Lipinski definition) is 1. The molecule has 2 N–H and O–H groups in total. The third kappa shape index (κ3) is 4.69. The maximum atomic E-state index is 11.5. The molecule has 26 heavy (non-hydrogen) atoms. The second-order valence-corrected chi connectivity index (χ2v) is 8.00. The molecule has 3 rings (SSSR count). The van der Waals surface area contributed by atoms with Gasteiger partial charge in [0.15, 0.2) is 15.7 Å². The van der Waals surface area contributed by atoms with E-state index in [9.17, 15) is 8.42 Å².